The summed E-state index contributed by atoms with van der Waals surface area (Å²) >= 11 is 0. The number of nitrogens with zero attached hydrogens (tertiary/aromatic N) is 2. The maximum Gasteiger partial charge on any atom is 0.360 e. The minimum atomic E-state index is -0.882. The van der Waals surface area contributed by atoms with E-state index in [0.29, 0.717) is 12.1 Å². The second-order valence-electron chi connectivity index (χ2n) is 6.75. The van der Waals surface area contributed by atoms with Gasteiger partial charge in [-0.3, -0.25) is 0 Å². The normalized spacial score (nSPS) is 22.0. The van der Waals surface area contributed by atoms with Crippen molar-refractivity contribution in [3.63, 3.8) is 0 Å². The summed E-state index contributed by atoms with van der Waals surface area (Å²) in [6, 6.07) is 5.98. The molecule has 1 fully saturated rings. The van der Waals surface area contributed by atoms with E-state index in [2.05, 4.69) is 5.10 Å². The number of hydrogen-bond acceptors (Lipinski definition) is 5. The van der Waals surface area contributed by atoms with Crippen molar-refractivity contribution in [3.05, 3.63) is 47.0 Å². The topological polar surface area (TPSA) is 70.4 Å². The highest BCUT2D eigenvalue weighted by Crippen LogP contribution is 2.28. The van der Waals surface area contributed by atoms with Crippen molar-refractivity contribution in [1.29, 1.82) is 0 Å². The largest absolute Gasteiger partial charge is 0.460 e. The zero-order valence-corrected chi connectivity index (χ0v) is 14.4. The molecule has 1 aromatic carbocycles. The molecule has 0 saturated carbocycles. The van der Waals surface area contributed by atoms with E-state index in [-0.39, 0.29) is 17.6 Å². The standard InChI is InChI=1S/C19H19FN2O4/c1-11-10-16(18(23)25-11)26-19(24)17-14-4-2-3-5-15(14)22(21-17)13-8-6-12(20)7-9-13/h6-9,11,16H,2-5,10H2,1H3/t11-,16-/m0/s1. The summed E-state index contributed by atoms with van der Waals surface area (Å²) < 4.78 is 25.3. The number of carbonyl (C=O) groups excluding carboxylic acids is 2. The molecule has 1 aliphatic heterocycles. The van der Waals surface area contributed by atoms with Gasteiger partial charge in [0.2, 0.25) is 6.10 Å². The number of rotatable bonds is 3. The summed E-state index contributed by atoms with van der Waals surface area (Å²) in [7, 11) is 0. The molecule has 0 N–H and O–H groups in total. The third kappa shape index (κ3) is 2.98. The highest BCUT2D eigenvalue weighted by atomic mass is 19.1. The van der Waals surface area contributed by atoms with E-state index >= 15 is 0 Å². The predicted molar refractivity (Wildman–Crippen MR) is 89.5 cm³/mol. The quantitative estimate of drug-likeness (QED) is 0.789. The van der Waals surface area contributed by atoms with Gasteiger partial charge in [0.25, 0.3) is 0 Å². The number of halogens is 1. The molecule has 1 aliphatic carbocycles. The smallest absolute Gasteiger partial charge is 0.360 e. The first kappa shape index (κ1) is 16.8. The average Bonchev–Trinajstić information content (AvgIpc) is 3.16. The summed E-state index contributed by atoms with van der Waals surface area (Å²) in [6.07, 6.45) is 2.69. The highest BCUT2D eigenvalue weighted by molar-refractivity contribution is 5.92. The second kappa shape index (κ2) is 6.55. The van der Waals surface area contributed by atoms with E-state index in [4.69, 9.17) is 9.47 Å². The minimum absolute atomic E-state index is 0.233. The maximum absolute atomic E-state index is 13.2. The molecule has 1 aromatic heterocycles. The van der Waals surface area contributed by atoms with Crippen molar-refractivity contribution >= 4 is 11.9 Å². The van der Waals surface area contributed by atoms with E-state index in [1.165, 1.54) is 12.1 Å². The SMILES string of the molecule is C[C@H]1C[C@H](OC(=O)c2nn(-c3ccc(F)cc3)c3c2CCCC3)C(=O)O1. The lowest BCUT2D eigenvalue weighted by Crippen LogP contribution is -2.23. The fourth-order valence-corrected chi connectivity index (χ4v) is 3.56. The molecule has 0 radical (unpaired) electrons. The van der Waals surface area contributed by atoms with Crippen LogP contribution in [0.3, 0.4) is 0 Å². The fourth-order valence-electron chi connectivity index (χ4n) is 3.56. The van der Waals surface area contributed by atoms with Gasteiger partial charge >= 0.3 is 11.9 Å². The van der Waals surface area contributed by atoms with Crippen LogP contribution in [0.1, 0.15) is 47.9 Å². The van der Waals surface area contributed by atoms with Crippen LogP contribution in [-0.2, 0) is 27.1 Å². The first-order chi connectivity index (χ1) is 12.5. The molecular weight excluding hydrogens is 339 g/mol. The zero-order chi connectivity index (χ0) is 18.3. The Bertz CT molecular complexity index is 859. The highest BCUT2D eigenvalue weighted by Gasteiger charge is 2.37. The lowest BCUT2D eigenvalue weighted by molar-refractivity contribution is -0.147. The van der Waals surface area contributed by atoms with Gasteiger partial charge < -0.3 is 9.47 Å². The third-order valence-electron chi connectivity index (χ3n) is 4.82. The Balaban J connectivity index is 1.67. The number of ether oxygens (including phenoxy) is 2. The second-order valence-corrected chi connectivity index (χ2v) is 6.75. The molecule has 2 aliphatic rings. The Hall–Kier alpha value is -2.70. The first-order valence-corrected chi connectivity index (χ1v) is 8.81. The van der Waals surface area contributed by atoms with Gasteiger partial charge in [0.15, 0.2) is 5.69 Å². The lowest BCUT2D eigenvalue weighted by atomic mass is 9.95. The maximum atomic E-state index is 13.2. The number of cyclic esters (lactones) is 1. The van der Waals surface area contributed by atoms with Gasteiger partial charge in [-0.2, -0.15) is 5.10 Å². The van der Waals surface area contributed by atoms with Crippen LogP contribution in [0.5, 0.6) is 0 Å². The fraction of sp³-hybridized carbons (Fsp3) is 0.421. The van der Waals surface area contributed by atoms with Crippen molar-refractivity contribution < 1.29 is 23.5 Å². The van der Waals surface area contributed by atoms with Gasteiger partial charge in [-0.05, 0) is 56.9 Å². The molecule has 0 unspecified atom stereocenters. The van der Waals surface area contributed by atoms with Crippen molar-refractivity contribution in [2.24, 2.45) is 0 Å². The van der Waals surface area contributed by atoms with Crippen molar-refractivity contribution in [2.75, 3.05) is 0 Å². The monoisotopic (exact) mass is 358 g/mol. The molecule has 2 heterocycles. The van der Waals surface area contributed by atoms with Gasteiger partial charge in [0.05, 0.1) is 5.69 Å². The van der Waals surface area contributed by atoms with Crippen LogP contribution in [0.25, 0.3) is 5.69 Å². The Labute approximate surface area is 149 Å². The summed E-state index contributed by atoms with van der Waals surface area (Å²) in [4.78, 5) is 24.4. The molecule has 0 spiro atoms. The van der Waals surface area contributed by atoms with E-state index in [0.717, 1.165) is 36.9 Å². The molecule has 7 heteroatoms. The summed E-state index contributed by atoms with van der Waals surface area (Å²) in [5, 5.41) is 4.45. The van der Waals surface area contributed by atoms with E-state index < -0.39 is 18.0 Å². The van der Waals surface area contributed by atoms with Crippen molar-refractivity contribution in [3.8, 4) is 5.69 Å². The number of fused-ring (bicyclic) bond motifs is 1. The molecule has 0 amide bonds. The molecule has 2 atom stereocenters. The number of aromatic nitrogens is 2. The minimum Gasteiger partial charge on any atom is -0.460 e. The molecule has 6 nitrogen and oxygen atoms in total. The average molecular weight is 358 g/mol. The van der Waals surface area contributed by atoms with Crippen LogP contribution >= 0.6 is 0 Å². The number of hydrogen-bond donors (Lipinski definition) is 0. The summed E-state index contributed by atoms with van der Waals surface area (Å²) in [5.41, 5.74) is 2.72. The summed E-state index contributed by atoms with van der Waals surface area (Å²) in [5.74, 6) is -1.46. The van der Waals surface area contributed by atoms with E-state index in [9.17, 15) is 14.0 Å². The summed E-state index contributed by atoms with van der Waals surface area (Å²) in [6.45, 7) is 1.76. The van der Waals surface area contributed by atoms with Crippen LogP contribution in [0, 0.1) is 5.82 Å². The molecule has 0 bridgehead atoms. The molecule has 4 rings (SSSR count). The number of esters is 2. The number of benzene rings is 1. The predicted octanol–water partition coefficient (Wildman–Crippen LogP) is 2.75. The molecular formula is C19H19FN2O4. The van der Waals surface area contributed by atoms with Crippen LogP contribution in [-0.4, -0.2) is 33.9 Å². The molecule has 26 heavy (non-hydrogen) atoms. The lowest BCUT2D eigenvalue weighted by Gasteiger charge is -2.14. The molecule has 1 saturated heterocycles. The molecule has 136 valence electrons. The van der Waals surface area contributed by atoms with Crippen LogP contribution in [0.2, 0.25) is 0 Å². The van der Waals surface area contributed by atoms with E-state index in [1.54, 1.807) is 23.7 Å². The van der Waals surface area contributed by atoms with Gasteiger partial charge in [0, 0.05) is 17.7 Å². The van der Waals surface area contributed by atoms with Crippen LogP contribution in [0.15, 0.2) is 24.3 Å². The van der Waals surface area contributed by atoms with Crippen molar-refractivity contribution in [2.45, 2.75) is 51.2 Å². The molecule has 2 aromatic rings. The first-order valence-electron chi connectivity index (χ1n) is 8.81. The Morgan fingerprint density at radius 2 is 2.00 bits per heavy atom. The Morgan fingerprint density at radius 1 is 1.27 bits per heavy atom. The van der Waals surface area contributed by atoms with Gasteiger partial charge in [-0.15, -0.1) is 0 Å². The zero-order valence-electron chi connectivity index (χ0n) is 14.4. The third-order valence-corrected chi connectivity index (χ3v) is 4.82. The van der Waals surface area contributed by atoms with Crippen LogP contribution in [0.4, 0.5) is 4.39 Å². The van der Waals surface area contributed by atoms with Gasteiger partial charge in [-0.1, -0.05) is 0 Å². The van der Waals surface area contributed by atoms with E-state index in [1.807, 2.05) is 0 Å². The Morgan fingerprint density at radius 3 is 2.69 bits per heavy atom. The van der Waals surface area contributed by atoms with Crippen LogP contribution < -0.4 is 0 Å². The van der Waals surface area contributed by atoms with Gasteiger partial charge in [0.1, 0.15) is 11.9 Å². The van der Waals surface area contributed by atoms with Crippen molar-refractivity contribution in [1.82, 2.24) is 9.78 Å². The Kier molecular flexibility index (Phi) is 4.22. The van der Waals surface area contributed by atoms with Gasteiger partial charge in [-0.25, -0.2) is 18.7 Å². The number of carbonyl (C=O) groups is 2.